The van der Waals surface area contributed by atoms with E-state index in [2.05, 4.69) is 0 Å². The van der Waals surface area contributed by atoms with E-state index in [1.165, 1.54) is 19.2 Å². The lowest BCUT2D eigenvalue weighted by Crippen LogP contribution is -2.41. The molecule has 8 heteroatoms. The third kappa shape index (κ3) is 4.41. The lowest BCUT2D eigenvalue weighted by Gasteiger charge is -2.18. The van der Waals surface area contributed by atoms with Crippen LogP contribution in [0.15, 0.2) is 60.7 Å². The van der Waals surface area contributed by atoms with Gasteiger partial charge in [0.2, 0.25) is 0 Å². The number of hydrogen-bond donors (Lipinski definition) is 1. The molecule has 0 aliphatic rings. The zero-order chi connectivity index (χ0) is 21.1. The summed E-state index contributed by atoms with van der Waals surface area (Å²) in [5, 5.41) is 2.39. The summed E-state index contributed by atoms with van der Waals surface area (Å²) in [5.74, 6) is -4.04. The van der Waals surface area contributed by atoms with Gasteiger partial charge in [-0.05, 0) is 48.0 Å². The van der Waals surface area contributed by atoms with Crippen LogP contribution in [0.3, 0.4) is 0 Å². The molecular weight excluding hydrogens is 405 g/mol. The predicted molar refractivity (Wildman–Crippen MR) is 104 cm³/mol. The summed E-state index contributed by atoms with van der Waals surface area (Å²) < 4.78 is 41.9. The van der Waals surface area contributed by atoms with Gasteiger partial charge in [0.15, 0.2) is 0 Å². The number of urea groups is 1. The van der Waals surface area contributed by atoms with E-state index in [1.54, 1.807) is 24.3 Å². The van der Waals surface area contributed by atoms with Crippen LogP contribution in [0.1, 0.15) is 10.4 Å². The number of halogens is 4. The highest BCUT2D eigenvalue weighted by atomic mass is 35.5. The number of imide groups is 1. The van der Waals surface area contributed by atoms with Crippen molar-refractivity contribution in [2.24, 2.45) is 0 Å². The first-order chi connectivity index (χ1) is 13.8. The van der Waals surface area contributed by atoms with Gasteiger partial charge in [-0.25, -0.2) is 18.0 Å². The molecule has 3 aromatic rings. The summed E-state index contributed by atoms with van der Waals surface area (Å²) in [4.78, 5) is 25.3. The second kappa shape index (κ2) is 8.36. The SMILES string of the molecule is CN(C(=O)NC(=O)c1c(F)cccc1F)c1ccc(-c2ccc(Cl)cc2)c(F)c1. The highest BCUT2D eigenvalue weighted by Gasteiger charge is 2.22. The smallest absolute Gasteiger partial charge is 0.297 e. The van der Waals surface area contributed by atoms with Crippen molar-refractivity contribution in [3.63, 3.8) is 0 Å². The molecule has 148 valence electrons. The molecule has 0 fully saturated rings. The Hall–Kier alpha value is -3.32. The molecule has 3 rings (SSSR count). The maximum atomic E-state index is 14.5. The van der Waals surface area contributed by atoms with Crippen LogP contribution in [0.4, 0.5) is 23.7 Å². The summed E-state index contributed by atoms with van der Waals surface area (Å²) >= 11 is 5.83. The van der Waals surface area contributed by atoms with Crippen LogP contribution in [-0.2, 0) is 0 Å². The first-order valence-electron chi connectivity index (χ1n) is 8.36. The van der Waals surface area contributed by atoms with Crippen molar-refractivity contribution in [2.45, 2.75) is 0 Å². The number of rotatable bonds is 3. The van der Waals surface area contributed by atoms with Crippen molar-refractivity contribution >= 4 is 29.2 Å². The minimum Gasteiger partial charge on any atom is -0.297 e. The number of benzene rings is 3. The molecule has 29 heavy (non-hydrogen) atoms. The molecule has 0 unspecified atom stereocenters. The van der Waals surface area contributed by atoms with Crippen LogP contribution in [0, 0.1) is 17.5 Å². The Bertz CT molecular complexity index is 1070. The number of amides is 3. The topological polar surface area (TPSA) is 49.4 Å². The summed E-state index contributed by atoms with van der Waals surface area (Å²) in [7, 11) is 1.29. The average molecular weight is 419 g/mol. The fourth-order valence-electron chi connectivity index (χ4n) is 2.65. The number of nitrogens with one attached hydrogen (secondary N) is 1. The van der Waals surface area contributed by atoms with Crippen molar-refractivity contribution in [3.05, 3.63) is 88.7 Å². The van der Waals surface area contributed by atoms with E-state index in [0.717, 1.165) is 29.2 Å². The third-order valence-electron chi connectivity index (χ3n) is 4.21. The minimum absolute atomic E-state index is 0.138. The van der Waals surface area contributed by atoms with Crippen molar-refractivity contribution in [3.8, 4) is 11.1 Å². The van der Waals surface area contributed by atoms with Gasteiger partial charge in [-0.15, -0.1) is 0 Å². The van der Waals surface area contributed by atoms with Crippen molar-refractivity contribution in [1.29, 1.82) is 0 Å². The van der Waals surface area contributed by atoms with E-state index in [1.807, 2.05) is 5.32 Å². The highest BCUT2D eigenvalue weighted by Crippen LogP contribution is 2.27. The summed E-state index contributed by atoms with van der Waals surface area (Å²) in [6.45, 7) is 0. The fraction of sp³-hybridized carbons (Fsp3) is 0.0476. The van der Waals surface area contributed by atoms with Crippen molar-refractivity contribution < 1.29 is 22.8 Å². The molecule has 0 saturated heterocycles. The Labute approximate surface area is 169 Å². The van der Waals surface area contributed by atoms with E-state index in [-0.39, 0.29) is 5.69 Å². The van der Waals surface area contributed by atoms with Gasteiger partial charge in [0, 0.05) is 23.3 Å². The van der Waals surface area contributed by atoms with Crippen molar-refractivity contribution in [1.82, 2.24) is 5.32 Å². The molecule has 0 bridgehead atoms. The van der Waals surface area contributed by atoms with Gasteiger partial charge >= 0.3 is 6.03 Å². The van der Waals surface area contributed by atoms with Gasteiger partial charge in [-0.2, -0.15) is 0 Å². The lowest BCUT2D eigenvalue weighted by molar-refractivity contribution is 0.0957. The molecule has 0 aliphatic heterocycles. The largest absolute Gasteiger partial charge is 0.328 e. The fourth-order valence-corrected chi connectivity index (χ4v) is 2.78. The Morgan fingerprint density at radius 2 is 1.52 bits per heavy atom. The molecule has 1 N–H and O–H groups in total. The molecular formula is C21H14ClF3N2O2. The number of nitrogens with zero attached hydrogens (tertiary/aromatic N) is 1. The maximum absolute atomic E-state index is 14.5. The van der Waals surface area contributed by atoms with Gasteiger partial charge in [0.05, 0.1) is 0 Å². The van der Waals surface area contributed by atoms with E-state index < -0.39 is 35.0 Å². The third-order valence-corrected chi connectivity index (χ3v) is 4.46. The number of carbonyl (C=O) groups excluding carboxylic acids is 2. The zero-order valence-electron chi connectivity index (χ0n) is 15.0. The molecule has 3 amide bonds. The number of carbonyl (C=O) groups is 2. The van der Waals surface area contributed by atoms with E-state index in [4.69, 9.17) is 11.6 Å². The normalized spacial score (nSPS) is 10.5. The number of hydrogen-bond acceptors (Lipinski definition) is 2. The van der Waals surface area contributed by atoms with E-state index in [9.17, 15) is 22.8 Å². The van der Waals surface area contributed by atoms with E-state index in [0.29, 0.717) is 16.1 Å². The molecule has 0 spiro atoms. The second-order valence-corrected chi connectivity index (χ2v) is 6.52. The van der Waals surface area contributed by atoms with Gasteiger partial charge in [-0.3, -0.25) is 15.0 Å². The molecule has 0 heterocycles. The first-order valence-corrected chi connectivity index (χ1v) is 8.74. The second-order valence-electron chi connectivity index (χ2n) is 6.09. The maximum Gasteiger partial charge on any atom is 0.328 e. The van der Waals surface area contributed by atoms with Crippen LogP contribution in [0.2, 0.25) is 5.02 Å². The molecule has 4 nitrogen and oxygen atoms in total. The molecule has 0 saturated carbocycles. The molecule has 0 radical (unpaired) electrons. The average Bonchev–Trinajstić information content (AvgIpc) is 2.68. The lowest BCUT2D eigenvalue weighted by atomic mass is 10.0. The Morgan fingerprint density at radius 3 is 2.10 bits per heavy atom. The van der Waals surface area contributed by atoms with Crippen LogP contribution in [0.25, 0.3) is 11.1 Å². The molecule has 0 atom stereocenters. The Morgan fingerprint density at radius 1 is 0.897 bits per heavy atom. The van der Waals surface area contributed by atoms with Crippen LogP contribution >= 0.6 is 11.6 Å². The summed E-state index contributed by atoms with van der Waals surface area (Å²) in [6, 6.07) is 12.5. The quantitative estimate of drug-likeness (QED) is 0.618. The molecule has 0 aromatic heterocycles. The van der Waals surface area contributed by atoms with Crippen LogP contribution in [0.5, 0.6) is 0 Å². The van der Waals surface area contributed by atoms with Crippen LogP contribution < -0.4 is 10.2 Å². The summed E-state index contributed by atoms with van der Waals surface area (Å²) in [6.07, 6.45) is 0. The first kappa shape index (κ1) is 20.4. The minimum atomic E-state index is -1.24. The van der Waals surface area contributed by atoms with Gasteiger partial charge in [0.25, 0.3) is 5.91 Å². The zero-order valence-corrected chi connectivity index (χ0v) is 15.8. The van der Waals surface area contributed by atoms with Crippen LogP contribution in [-0.4, -0.2) is 19.0 Å². The van der Waals surface area contributed by atoms with E-state index >= 15 is 0 Å². The Kier molecular flexibility index (Phi) is 5.89. The Balaban J connectivity index is 1.78. The summed E-state index contributed by atoms with van der Waals surface area (Å²) in [5.41, 5.74) is 0.150. The van der Waals surface area contributed by atoms with Gasteiger partial charge < -0.3 is 0 Å². The predicted octanol–water partition coefficient (Wildman–Crippen LogP) is 5.41. The van der Waals surface area contributed by atoms with Gasteiger partial charge in [-0.1, -0.05) is 29.8 Å². The molecule has 0 aliphatic carbocycles. The number of anilines is 1. The molecule has 3 aromatic carbocycles. The highest BCUT2D eigenvalue weighted by molar-refractivity contribution is 6.30. The van der Waals surface area contributed by atoms with Gasteiger partial charge in [0.1, 0.15) is 23.0 Å². The monoisotopic (exact) mass is 418 g/mol. The van der Waals surface area contributed by atoms with Crippen molar-refractivity contribution in [2.75, 3.05) is 11.9 Å². The standard InChI is InChI=1S/C21H14ClF3N2O2/c1-27(21(29)26-20(28)19-16(23)3-2-4-17(19)24)14-9-10-15(18(25)11-14)12-5-7-13(22)8-6-12/h2-11H,1H3,(H,26,28,29).